The number of thiophene rings is 1. The monoisotopic (exact) mass is 376 g/mol. The molecule has 0 aliphatic heterocycles. The smallest absolute Gasteiger partial charge is 0.260 e. The third-order valence-electron chi connectivity index (χ3n) is 4.22. The second-order valence-corrected chi connectivity index (χ2v) is 7.75. The lowest BCUT2D eigenvalue weighted by Crippen LogP contribution is -2.11. The Morgan fingerprint density at radius 3 is 2.79 bits per heavy atom. The van der Waals surface area contributed by atoms with Crippen LogP contribution in [-0.2, 0) is 12.8 Å². The number of aromatic nitrogens is 2. The van der Waals surface area contributed by atoms with Gasteiger partial charge >= 0.3 is 0 Å². The maximum absolute atomic E-state index is 12.5. The number of hydrogen-bond acceptors (Lipinski definition) is 3. The number of nitrogens with zero attached hydrogens (tertiary/aromatic N) is 1. The Hall–Kier alpha value is -1.62. The lowest BCUT2D eigenvalue weighted by Gasteiger charge is -2.09. The van der Waals surface area contributed by atoms with Crippen molar-refractivity contribution in [1.82, 2.24) is 9.97 Å². The summed E-state index contributed by atoms with van der Waals surface area (Å²) in [6.45, 7) is 0. The average Bonchev–Trinajstić information content (AvgIpc) is 2.94. The van der Waals surface area contributed by atoms with Crippen LogP contribution in [0.1, 0.15) is 34.7 Å². The van der Waals surface area contributed by atoms with Crippen LogP contribution in [0.2, 0.25) is 10.0 Å². The first-order chi connectivity index (χ1) is 11.6. The molecule has 6 heteroatoms. The van der Waals surface area contributed by atoms with E-state index in [-0.39, 0.29) is 5.56 Å². The SMILES string of the molecule is O=c1[nH]c(/C=C/c2ccc(Cl)c(Cl)c2)nc2sc3c(c12)CCCC3. The maximum atomic E-state index is 12.5. The first-order valence-corrected chi connectivity index (χ1v) is 9.37. The van der Waals surface area contributed by atoms with Gasteiger partial charge in [0.2, 0.25) is 0 Å². The molecule has 0 saturated heterocycles. The van der Waals surface area contributed by atoms with Gasteiger partial charge in [-0.3, -0.25) is 4.79 Å². The summed E-state index contributed by atoms with van der Waals surface area (Å²) in [5, 5.41) is 1.80. The second kappa shape index (κ2) is 6.36. The summed E-state index contributed by atoms with van der Waals surface area (Å²) in [6, 6.07) is 5.39. The highest BCUT2D eigenvalue weighted by Gasteiger charge is 2.19. The van der Waals surface area contributed by atoms with E-state index in [1.807, 2.05) is 12.1 Å². The molecule has 0 fully saturated rings. The van der Waals surface area contributed by atoms with Crippen molar-refractivity contribution in [1.29, 1.82) is 0 Å². The van der Waals surface area contributed by atoms with E-state index in [1.54, 1.807) is 29.5 Å². The Balaban J connectivity index is 1.73. The van der Waals surface area contributed by atoms with Crippen LogP contribution in [0.15, 0.2) is 23.0 Å². The molecule has 1 aliphatic rings. The molecule has 122 valence electrons. The molecule has 3 nitrogen and oxygen atoms in total. The van der Waals surface area contributed by atoms with Gasteiger partial charge in [0.25, 0.3) is 5.56 Å². The normalized spacial score (nSPS) is 14.4. The first kappa shape index (κ1) is 15.9. The van der Waals surface area contributed by atoms with Crippen molar-refractivity contribution in [2.75, 3.05) is 0 Å². The molecule has 1 aromatic carbocycles. The highest BCUT2D eigenvalue weighted by molar-refractivity contribution is 7.18. The van der Waals surface area contributed by atoms with Crippen LogP contribution in [0.5, 0.6) is 0 Å². The number of nitrogens with one attached hydrogen (secondary N) is 1. The summed E-state index contributed by atoms with van der Waals surface area (Å²) >= 11 is 13.6. The van der Waals surface area contributed by atoms with E-state index < -0.39 is 0 Å². The molecule has 24 heavy (non-hydrogen) atoms. The molecule has 0 amide bonds. The number of hydrogen-bond donors (Lipinski definition) is 1. The zero-order valence-corrected chi connectivity index (χ0v) is 15.1. The zero-order valence-electron chi connectivity index (χ0n) is 12.7. The molecule has 2 heterocycles. The molecular weight excluding hydrogens is 363 g/mol. The van der Waals surface area contributed by atoms with Crippen molar-refractivity contribution in [3.8, 4) is 0 Å². The average molecular weight is 377 g/mol. The van der Waals surface area contributed by atoms with Gasteiger partial charge in [-0.25, -0.2) is 4.98 Å². The molecule has 4 rings (SSSR count). The van der Waals surface area contributed by atoms with E-state index in [2.05, 4.69) is 9.97 Å². The van der Waals surface area contributed by atoms with Crippen molar-refractivity contribution in [3.63, 3.8) is 0 Å². The molecule has 0 bridgehead atoms. The van der Waals surface area contributed by atoms with Gasteiger partial charge in [-0.2, -0.15) is 0 Å². The predicted molar refractivity (Wildman–Crippen MR) is 102 cm³/mol. The van der Waals surface area contributed by atoms with Gasteiger partial charge in [0.05, 0.1) is 15.4 Å². The number of aryl methyl sites for hydroxylation is 2. The van der Waals surface area contributed by atoms with E-state index in [0.29, 0.717) is 15.9 Å². The van der Waals surface area contributed by atoms with Gasteiger partial charge in [-0.15, -0.1) is 11.3 Å². The van der Waals surface area contributed by atoms with Crippen LogP contribution in [-0.4, -0.2) is 9.97 Å². The fourth-order valence-electron chi connectivity index (χ4n) is 3.05. The number of H-pyrrole nitrogens is 1. The number of halogens is 2. The van der Waals surface area contributed by atoms with Crippen LogP contribution in [0.4, 0.5) is 0 Å². The minimum absolute atomic E-state index is 0.0480. The van der Waals surface area contributed by atoms with E-state index in [9.17, 15) is 4.79 Å². The van der Waals surface area contributed by atoms with Gasteiger partial charge in [0.15, 0.2) is 0 Å². The number of benzene rings is 1. The summed E-state index contributed by atoms with van der Waals surface area (Å²) in [4.78, 5) is 22.1. The molecule has 0 unspecified atom stereocenters. The number of rotatable bonds is 2. The third-order valence-corrected chi connectivity index (χ3v) is 6.15. The van der Waals surface area contributed by atoms with Crippen LogP contribution < -0.4 is 5.56 Å². The Morgan fingerprint density at radius 1 is 1.12 bits per heavy atom. The summed E-state index contributed by atoms with van der Waals surface area (Å²) < 4.78 is 0. The zero-order chi connectivity index (χ0) is 16.7. The number of aromatic amines is 1. The Bertz CT molecular complexity index is 1020. The largest absolute Gasteiger partial charge is 0.306 e. The number of fused-ring (bicyclic) bond motifs is 3. The van der Waals surface area contributed by atoms with Crippen LogP contribution >= 0.6 is 34.5 Å². The molecule has 1 aliphatic carbocycles. The predicted octanol–water partition coefficient (Wildman–Crippen LogP) is 5.34. The van der Waals surface area contributed by atoms with Gasteiger partial charge in [-0.1, -0.05) is 35.3 Å². The summed E-state index contributed by atoms with van der Waals surface area (Å²) in [5.41, 5.74) is 2.06. The van der Waals surface area contributed by atoms with Gasteiger partial charge < -0.3 is 4.98 Å². The van der Waals surface area contributed by atoms with Crippen LogP contribution in [0, 0.1) is 0 Å². The van der Waals surface area contributed by atoms with E-state index in [0.717, 1.165) is 35.0 Å². The molecule has 0 spiro atoms. The highest BCUT2D eigenvalue weighted by Crippen LogP contribution is 2.33. The molecule has 0 atom stereocenters. The molecule has 1 N–H and O–H groups in total. The van der Waals surface area contributed by atoms with Gasteiger partial charge in [0, 0.05) is 4.88 Å². The van der Waals surface area contributed by atoms with Crippen molar-refractivity contribution < 1.29 is 0 Å². The van der Waals surface area contributed by atoms with Gasteiger partial charge in [0.1, 0.15) is 10.7 Å². The second-order valence-electron chi connectivity index (χ2n) is 5.85. The molecule has 2 aromatic heterocycles. The standard InChI is InChI=1S/C18H14Cl2N2OS/c19-12-7-5-10(9-13(12)20)6-8-15-21-17(23)16-11-3-1-2-4-14(11)24-18(16)22-15/h5-9H,1-4H2,(H,21,22,23)/b8-6+. The van der Waals surface area contributed by atoms with Crippen molar-refractivity contribution in [2.45, 2.75) is 25.7 Å². The summed E-state index contributed by atoms with van der Waals surface area (Å²) in [7, 11) is 0. The van der Waals surface area contributed by atoms with E-state index in [4.69, 9.17) is 23.2 Å². The highest BCUT2D eigenvalue weighted by atomic mass is 35.5. The molecule has 3 aromatic rings. The van der Waals surface area contributed by atoms with Gasteiger partial charge in [-0.05, 0) is 55.0 Å². The van der Waals surface area contributed by atoms with Crippen molar-refractivity contribution >= 4 is 56.9 Å². The minimum atomic E-state index is -0.0480. The van der Waals surface area contributed by atoms with Crippen LogP contribution in [0.25, 0.3) is 22.4 Å². The van der Waals surface area contributed by atoms with Crippen molar-refractivity contribution in [3.05, 3.63) is 60.4 Å². The minimum Gasteiger partial charge on any atom is -0.306 e. The summed E-state index contributed by atoms with van der Waals surface area (Å²) in [6.07, 6.45) is 8.04. The lowest BCUT2D eigenvalue weighted by molar-refractivity contribution is 0.700. The quantitative estimate of drug-likeness (QED) is 0.655. The lowest BCUT2D eigenvalue weighted by atomic mass is 9.97. The Labute approximate surface area is 153 Å². The van der Waals surface area contributed by atoms with Crippen molar-refractivity contribution in [2.24, 2.45) is 0 Å². The molecule has 0 saturated carbocycles. The molecular formula is C18H14Cl2N2OS. The molecule has 0 radical (unpaired) electrons. The fourth-order valence-corrected chi connectivity index (χ4v) is 4.63. The van der Waals surface area contributed by atoms with E-state index >= 15 is 0 Å². The van der Waals surface area contributed by atoms with Crippen LogP contribution in [0.3, 0.4) is 0 Å². The summed E-state index contributed by atoms with van der Waals surface area (Å²) in [5.74, 6) is 0.553. The Kier molecular flexibility index (Phi) is 4.21. The first-order valence-electron chi connectivity index (χ1n) is 7.79. The van der Waals surface area contributed by atoms with E-state index in [1.165, 1.54) is 16.9 Å². The topological polar surface area (TPSA) is 45.8 Å². The maximum Gasteiger partial charge on any atom is 0.260 e. The Morgan fingerprint density at radius 2 is 1.96 bits per heavy atom. The fraction of sp³-hybridized carbons (Fsp3) is 0.222. The third kappa shape index (κ3) is 2.90.